The lowest BCUT2D eigenvalue weighted by Crippen LogP contribution is -2.32. The fourth-order valence-electron chi connectivity index (χ4n) is 4.07. The van der Waals surface area contributed by atoms with E-state index < -0.39 is 0 Å². The summed E-state index contributed by atoms with van der Waals surface area (Å²) >= 11 is 0. The summed E-state index contributed by atoms with van der Waals surface area (Å²) in [6.07, 6.45) is 5.11. The van der Waals surface area contributed by atoms with Crippen LogP contribution < -0.4 is 5.73 Å². The molecule has 2 heteroatoms. The van der Waals surface area contributed by atoms with Crippen molar-refractivity contribution in [1.82, 2.24) is 4.98 Å². The van der Waals surface area contributed by atoms with Crippen LogP contribution in [0.1, 0.15) is 48.1 Å². The van der Waals surface area contributed by atoms with Gasteiger partial charge in [-0.3, -0.25) is 0 Å². The van der Waals surface area contributed by atoms with E-state index in [1.165, 1.54) is 59.0 Å². The number of nitrogens with two attached hydrogens (primary N) is 1. The van der Waals surface area contributed by atoms with Crippen molar-refractivity contribution >= 4 is 10.9 Å². The molecule has 2 nitrogen and oxygen atoms in total. The van der Waals surface area contributed by atoms with E-state index in [0.717, 1.165) is 6.54 Å². The van der Waals surface area contributed by atoms with Crippen LogP contribution in [-0.4, -0.2) is 11.5 Å². The van der Waals surface area contributed by atoms with Crippen LogP contribution in [0.4, 0.5) is 0 Å². The lowest BCUT2D eigenvalue weighted by atomic mass is 9.77. The quantitative estimate of drug-likeness (QED) is 0.841. The molecule has 1 fully saturated rings. The van der Waals surface area contributed by atoms with Crippen molar-refractivity contribution in [3.63, 3.8) is 0 Å². The van der Waals surface area contributed by atoms with E-state index in [-0.39, 0.29) is 5.41 Å². The van der Waals surface area contributed by atoms with Crippen LogP contribution in [-0.2, 0) is 5.41 Å². The van der Waals surface area contributed by atoms with Gasteiger partial charge >= 0.3 is 0 Å². The van der Waals surface area contributed by atoms with Crippen molar-refractivity contribution in [3.05, 3.63) is 34.5 Å². The Kier molecular flexibility index (Phi) is 2.94. The molecule has 1 aromatic heterocycles. The van der Waals surface area contributed by atoms with Gasteiger partial charge in [0.25, 0.3) is 0 Å². The number of H-pyrrole nitrogens is 1. The Bertz CT molecular complexity index is 616. The number of benzene rings is 1. The van der Waals surface area contributed by atoms with Crippen molar-refractivity contribution in [3.8, 4) is 0 Å². The molecule has 0 amide bonds. The van der Waals surface area contributed by atoms with Crippen LogP contribution in [0.2, 0.25) is 0 Å². The van der Waals surface area contributed by atoms with Crippen molar-refractivity contribution in [2.75, 3.05) is 6.54 Å². The van der Waals surface area contributed by atoms with Crippen LogP contribution in [0.15, 0.2) is 12.1 Å². The van der Waals surface area contributed by atoms with Gasteiger partial charge in [-0.1, -0.05) is 24.5 Å². The van der Waals surface area contributed by atoms with Crippen LogP contribution >= 0.6 is 0 Å². The molecule has 3 N–H and O–H groups in total. The molecule has 2 aromatic rings. The molecule has 0 radical (unpaired) electrons. The Labute approximate surface area is 115 Å². The number of aromatic amines is 1. The first kappa shape index (κ1) is 12.7. The highest BCUT2D eigenvalue weighted by atomic mass is 14.7. The van der Waals surface area contributed by atoms with Crippen LogP contribution in [0, 0.1) is 20.8 Å². The molecule has 0 unspecified atom stereocenters. The van der Waals surface area contributed by atoms with Gasteiger partial charge in [0.05, 0.1) is 0 Å². The van der Waals surface area contributed by atoms with E-state index in [4.69, 9.17) is 5.73 Å². The van der Waals surface area contributed by atoms with Gasteiger partial charge < -0.3 is 10.7 Å². The minimum absolute atomic E-state index is 0.211. The number of nitrogens with one attached hydrogen (secondary N) is 1. The van der Waals surface area contributed by atoms with Gasteiger partial charge in [-0.2, -0.15) is 0 Å². The van der Waals surface area contributed by atoms with Gasteiger partial charge in [-0.25, -0.2) is 0 Å². The smallest absolute Gasteiger partial charge is 0.0489 e. The lowest BCUT2D eigenvalue weighted by molar-refractivity contribution is 0.454. The molecule has 0 aliphatic heterocycles. The van der Waals surface area contributed by atoms with Crippen LogP contribution in [0.3, 0.4) is 0 Å². The number of rotatable bonds is 2. The molecule has 1 heterocycles. The highest BCUT2D eigenvalue weighted by molar-refractivity contribution is 5.89. The molecule has 0 bridgehead atoms. The molecule has 102 valence electrons. The monoisotopic (exact) mass is 256 g/mol. The molecule has 3 rings (SSSR count). The van der Waals surface area contributed by atoms with Gasteiger partial charge in [-0.05, 0) is 50.8 Å². The molecule has 0 spiro atoms. The minimum Gasteiger partial charge on any atom is -0.358 e. The molecular weight excluding hydrogens is 232 g/mol. The van der Waals surface area contributed by atoms with E-state index >= 15 is 0 Å². The maximum absolute atomic E-state index is 6.18. The number of fused-ring (bicyclic) bond motifs is 1. The van der Waals surface area contributed by atoms with Gasteiger partial charge in [0.15, 0.2) is 0 Å². The second-order valence-corrected chi connectivity index (χ2v) is 6.32. The third-order valence-corrected chi connectivity index (χ3v) is 4.92. The first-order valence-electron chi connectivity index (χ1n) is 7.37. The SMILES string of the molecule is Cc1cc(C)c2[nH]c(C)c(C3(CN)CCCC3)c2c1. The zero-order valence-corrected chi connectivity index (χ0v) is 12.3. The van der Waals surface area contributed by atoms with E-state index in [2.05, 4.69) is 37.9 Å². The third kappa shape index (κ3) is 1.81. The predicted molar refractivity (Wildman–Crippen MR) is 81.7 cm³/mol. The summed E-state index contributed by atoms with van der Waals surface area (Å²) in [5.74, 6) is 0. The lowest BCUT2D eigenvalue weighted by Gasteiger charge is -2.28. The number of aryl methyl sites for hydroxylation is 3. The zero-order valence-electron chi connectivity index (χ0n) is 12.3. The summed E-state index contributed by atoms with van der Waals surface area (Å²) in [5.41, 5.74) is 13.2. The highest BCUT2D eigenvalue weighted by Gasteiger charge is 2.37. The maximum Gasteiger partial charge on any atom is 0.0489 e. The van der Waals surface area contributed by atoms with E-state index in [1.807, 2.05) is 0 Å². The zero-order chi connectivity index (χ0) is 13.6. The van der Waals surface area contributed by atoms with E-state index in [1.54, 1.807) is 0 Å². The first-order chi connectivity index (χ1) is 9.07. The summed E-state index contributed by atoms with van der Waals surface area (Å²) < 4.78 is 0. The molecule has 1 aromatic carbocycles. The fourth-order valence-corrected chi connectivity index (χ4v) is 4.07. The molecule has 1 saturated carbocycles. The number of hydrogen-bond donors (Lipinski definition) is 2. The standard InChI is InChI=1S/C17H24N2/c1-11-8-12(2)16-14(9-11)15(13(3)19-16)17(10-18)6-4-5-7-17/h8-9,19H,4-7,10,18H2,1-3H3. The van der Waals surface area contributed by atoms with Crippen LogP contribution in [0.25, 0.3) is 10.9 Å². The minimum atomic E-state index is 0.211. The number of aromatic nitrogens is 1. The Morgan fingerprint density at radius 3 is 2.47 bits per heavy atom. The van der Waals surface area contributed by atoms with E-state index in [0.29, 0.717) is 0 Å². The van der Waals surface area contributed by atoms with Crippen molar-refractivity contribution in [1.29, 1.82) is 0 Å². The molecule has 19 heavy (non-hydrogen) atoms. The molecule has 0 saturated heterocycles. The topological polar surface area (TPSA) is 41.8 Å². The van der Waals surface area contributed by atoms with E-state index in [9.17, 15) is 0 Å². The molecule has 0 atom stereocenters. The second-order valence-electron chi connectivity index (χ2n) is 6.32. The summed E-state index contributed by atoms with van der Waals surface area (Å²) in [6.45, 7) is 7.36. The molecule has 1 aliphatic rings. The normalized spacial score (nSPS) is 18.3. The Morgan fingerprint density at radius 2 is 1.84 bits per heavy atom. The highest BCUT2D eigenvalue weighted by Crippen LogP contribution is 2.45. The molecule has 1 aliphatic carbocycles. The summed E-state index contributed by atoms with van der Waals surface area (Å²) in [7, 11) is 0. The average Bonchev–Trinajstić information content (AvgIpc) is 2.94. The second kappa shape index (κ2) is 4.38. The Morgan fingerprint density at radius 1 is 1.16 bits per heavy atom. The third-order valence-electron chi connectivity index (χ3n) is 4.92. The van der Waals surface area contributed by atoms with Crippen molar-refractivity contribution in [2.45, 2.75) is 51.9 Å². The van der Waals surface area contributed by atoms with Crippen LogP contribution in [0.5, 0.6) is 0 Å². The van der Waals surface area contributed by atoms with Gasteiger partial charge in [0, 0.05) is 28.6 Å². The van der Waals surface area contributed by atoms with Gasteiger partial charge in [0.2, 0.25) is 0 Å². The van der Waals surface area contributed by atoms with Gasteiger partial charge in [0.1, 0.15) is 0 Å². The number of hydrogen-bond acceptors (Lipinski definition) is 1. The predicted octanol–water partition coefficient (Wildman–Crippen LogP) is 3.86. The van der Waals surface area contributed by atoms with Crippen molar-refractivity contribution < 1.29 is 0 Å². The summed E-state index contributed by atoms with van der Waals surface area (Å²) in [4.78, 5) is 3.60. The largest absolute Gasteiger partial charge is 0.358 e. The summed E-state index contributed by atoms with van der Waals surface area (Å²) in [5, 5.41) is 1.40. The van der Waals surface area contributed by atoms with Crippen molar-refractivity contribution in [2.24, 2.45) is 5.73 Å². The fraction of sp³-hybridized carbons (Fsp3) is 0.529. The molecular formula is C17H24N2. The maximum atomic E-state index is 6.18. The summed E-state index contributed by atoms with van der Waals surface area (Å²) in [6, 6.07) is 4.59. The first-order valence-corrected chi connectivity index (χ1v) is 7.37. The average molecular weight is 256 g/mol. The van der Waals surface area contributed by atoms with Gasteiger partial charge in [-0.15, -0.1) is 0 Å². The Hall–Kier alpha value is -1.28. The Balaban J connectivity index is 2.31.